The van der Waals surface area contributed by atoms with Crippen molar-refractivity contribution in [3.8, 4) is 5.69 Å². The molecular weight excluding hydrogens is 238 g/mol. The molecule has 0 amide bonds. The van der Waals surface area contributed by atoms with Gasteiger partial charge in [-0.3, -0.25) is 9.48 Å². The van der Waals surface area contributed by atoms with Crippen molar-refractivity contribution in [3.63, 3.8) is 0 Å². The highest BCUT2D eigenvalue weighted by Gasteiger charge is 2.14. The normalized spacial score (nSPS) is 10.8. The Balaban J connectivity index is 2.71. The fourth-order valence-electron chi connectivity index (χ4n) is 1.89. The van der Waals surface area contributed by atoms with E-state index >= 15 is 0 Å². The second kappa shape index (κ2) is 4.30. The molecule has 0 spiro atoms. The van der Waals surface area contributed by atoms with Crippen LogP contribution < -0.4 is 11.3 Å². The van der Waals surface area contributed by atoms with Crippen molar-refractivity contribution < 1.29 is 0 Å². The van der Waals surface area contributed by atoms with Crippen molar-refractivity contribution >= 4 is 17.3 Å². The van der Waals surface area contributed by atoms with E-state index < -0.39 is 0 Å². The lowest BCUT2D eigenvalue weighted by Gasteiger charge is -2.11. The summed E-state index contributed by atoms with van der Waals surface area (Å²) in [6.07, 6.45) is 0. The Labute approximate surface area is 104 Å². The molecule has 1 heterocycles. The average Bonchev–Trinajstić information content (AvgIpc) is 2.54. The first kappa shape index (κ1) is 11.8. The van der Waals surface area contributed by atoms with Gasteiger partial charge in [-0.15, -0.1) is 0 Å². The minimum absolute atomic E-state index is 0.188. The molecule has 0 aliphatic carbocycles. The van der Waals surface area contributed by atoms with Crippen LogP contribution in [0.25, 0.3) is 5.69 Å². The van der Waals surface area contributed by atoms with Gasteiger partial charge in [0.05, 0.1) is 11.4 Å². The van der Waals surface area contributed by atoms with Crippen molar-refractivity contribution in [1.29, 1.82) is 0 Å². The molecule has 4 nitrogen and oxygen atoms in total. The average molecular weight is 252 g/mol. The zero-order valence-electron chi connectivity index (χ0n) is 9.77. The van der Waals surface area contributed by atoms with Gasteiger partial charge in [-0.2, -0.15) is 0 Å². The van der Waals surface area contributed by atoms with Crippen molar-refractivity contribution in [1.82, 2.24) is 9.36 Å². The molecule has 0 saturated heterocycles. The fourth-order valence-corrected chi connectivity index (χ4v) is 2.01. The third kappa shape index (κ3) is 1.85. The van der Waals surface area contributed by atoms with Gasteiger partial charge in [0.15, 0.2) is 0 Å². The van der Waals surface area contributed by atoms with Crippen molar-refractivity contribution in [3.05, 3.63) is 45.3 Å². The molecule has 0 unspecified atom stereocenters. The SMILES string of the molecule is CCn1c(C)c(N)c(=O)n1-c1ccc(Cl)cc1. The number of rotatable bonds is 2. The van der Waals surface area contributed by atoms with Crippen LogP contribution in [-0.4, -0.2) is 9.36 Å². The molecule has 0 bridgehead atoms. The number of aromatic nitrogens is 2. The van der Waals surface area contributed by atoms with Gasteiger partial charge in [-0.25, -0.2) is 4.68 Å². The number of halogens is 1. The molecule has 5 heteroatoms. The van der Waals surface area contributed by atoms with Crippen LogP contribution in [0.15, 0.2) is 29.1 Å². The standard InChI is InChI=1S/C12H14ClN3O/c1-3-15-8(2)11(14)12(17)16(15)10-6-4-9(13)5-7-10/h4-7H,3,14H2,1-2H3. The monoisotopic (exact) mass is 251 g/mol. The molecule has 2 N–H and O–H groups in total. The predicted octanol–water partition coefficient (Wildman–Crippen LogP) is 2.20. The number of anilines is 1. The van der Waals surface area contributed by atoms with Gasteiger partial charge in [-0.05, 0) is 38.1 Å². The predicted molar refractivity (Wildman–Crippen MR) is 69.9 cm³/mol. The van der Waals surface area contributed by atoms with E-state index in [1.807, 2.05) is 18.5 Å². The molecule has 0 aliphatic rings. The molecule has 0 saturated carbocycles. The zero-order valence-corrected chi connectivity index (χ0v) is 10.5. The van der Waals surface area contributed by atoms with Gasteiger partial charge < -0.3 is 5.73 Å². The number of hydrogen-bond acceptors (Lipinski definition) is 2. The summed E-state index contributed by atoms with van der Waals surface area (Å²) in [4.78, 5) is 12.0. The summed E-state index contributed by atoms with van der Waals surface area (Å²) in [7, 11) is 0. The highest BCUT2D eigenvalue weighted by Crippen LogP contribution is 2.15. The largest absolute Gasteiger partial charge is 0.393 e. The van der Waals surface area contributed by atoms with Gasteiger partial charge in [0.1, 0.15) is 5.69 Å². The molecular formula is C12H14ClN3O. The maximum Gasteiger partial charge on any atom is 0.294 e. The first-order valence-corrected chi connectivity index (χ1v) is 5.78. The maximum absolute atomic E-state index is 12.0. The number of hydrogen-bond donors (Lipinski definition) is 1. The van der Waals surface area contributed by atoms with Crippen LogP contribution in [0, 0.1) is 6.92 Å². The third-order valence-electron chi connectivity index (χ3n) is 2.81. The van der Waals surface area contributed by atoms with Crippen molar-refractivity contribution in [2.24, 2.45) is 0 Å². The van der Waals surface area contributed by atoms with E-state index in [4.69, 9.17) is 17.3 Å². The second-order valence-corrected chi connectivity index (χ2v) is 4.24. The first-order valence-electron chi connectivity index (χ1n) is 5.40. The van der Waals surface area contributed by atoms with Crippen LogP contribution in [0.5, 0.6) is 0 Å². The van der Waals surface area contributed by atoms with E-state index in [1.165, 1.54) is 0 Å². The molecule has 0 fully saturated rings. The molecule has 1 aromatic carbocycles. The molecule has 2 rings (SSSR count). The summed E-state index contributed by atoms with van der Waals surface area (Å²) in [6.45, 7) is 4.49. The molecule has 0 aliphatic heterocycles. The summed E-state index contributed by atoms with van der Waals surface area (Å²) in [6, 6.07) is 7.10. The Morgan fingerprint density at radius 1 is 1.29 bits per heavy atom. The van der Waals surface area contributed by atoms with Gasteiger partial charge in [0.2, 0.25) is 0 Å². The quantitative estimate of drug-likeness (QED) is 0.890. The topological polar surface area (TPSA) is 52.9 Å². The number of benzene rings is 1. The minimum atomic E-state index is -0.188. The second-order valence-electron chi connectivity index (χ2n) is 3.81. The summed E-state index contributed by atoms with van der Waals surface area (Å²) in [5.41, 5.74) is 7.42. The molecule has 17 heavy (non-hydrogen) atoms. The summed E-state index contributed by atoms with van der Waals surface area (Å²) < 4.78 is 3.42. The van der Waals surface area contributed by atoms with E-state index in [0.717, 1.165) is 11.4 Å². The molecule has 2 aromatic rings. The Morgan fingerprint density at radius 3 is 2.41 bits per heavy atom. The van der Waals surface area contributed by atoms with Crippen LogP contribution in [0.3, 0.4) is 0 Å². The van der Waals surface area contributed by atoms with Crippen molar-refractivity contribution in [2.45, 2.75) is 20.4 Å². The third-order valence-corrected chi connectivity index (χ3v) is 3.06. The Hall–Kier alpha value is -1.68. The molecule has 0 atom stereocenters. The van der Waals surface area contributed by atoms with Gasteiger partial charge >= 0.3 is 0 Å². The van der Waals surface area contributed by atoms with E-state index in [-0.39, 0.29) is 5.56 Å². The number of nitrogens with two attached hydrogens (primary N) is 1. The first-order chi connectivity index (χ1) is 8.06. The van der Waals surface area contributed by atoms with Crippen LogP contribution in [0.2, 0.25) is 5.02 Å². The number of nitrogens with zero attached hydrogens (tertiary/aromatic N) is 2. The summed E-state index contributed by atoms with van der Waals surface area (Å²) >= 11 is 5.83. The Morgan fingerprint density at radius 2 is 1.88 bits per heavy atom. The van der Waals surface area contributed by atoms with Crippen LogP contribution >= 0.6 is 11.6 Å². The zero-order chi connectivity index (χ0) is 12.6. The van der Waals surface area contributed by atoms with Crippen LogP contribution in [0.4, 0.5) is 5.69 Å². The fraction of sp³-hybridized carbons (Fsp3) is 0.250. The van der Waals surface area contributed by atoms with Gasteiger partial charge in [0, 0.05) is 11.6 Å². The van der Waals surface area contributed by atoms with E-state index in [9.17, 15) is 4.79 Å². The highest BCUT2D eigenvalue weighted by atomic mass is 35.5. The van der Waals surface area contributed by atoms with E-state index in [0.29, 0.717) is 17.3 Å². The van der Waals surface area contributed by atoms with E-state index in [1.54, 1.807) is 28.9 Å². The van der Waals surface area contributed by atoms with Crippen LogP contribution in [-0.2, 0) is 6.54 Å². The lowest BCUT2D eigenvalue weighted by Crippen LogP contribution is -2.21. The lowest BCUT2D eigenvalue weighted by atomic mass is 10.3. The maximum atomic E-state index is 12.0. The van der Waals surface area contributed by atoms with Crippen molar-refractivity contribution in [2.75, 3.05) is 5.73 Å². The van der Waals surface area contributed by atoms with Crippen LogP contribution in [0.1, 0.15) is 12.6 Å². The summed E-state index contributed by atoms with van der Waals surface area (Å²) in [5, 5.41) is 0.640. The molecule has 0 radical (unpaired) electrons. The number of nitrogen functional groups attached to an aromatic ring is 1. The Kier molecular flexibility index (Phi) is 2.98. The van der Waals surface area contributed by atoms with Gasteiger partial charge in [0.25, 0.3) is 5.56 Å². The summed E-state index contributed by atoms with van der Waals surface area (Å²) in [5.74, 6) is 0. The minimum Gasteiger partial charge on any atom is -0.393 e. The molecule has 90 valence electrons. The Bertz CT molecular complexity index is 595. The highest BCUT2D eigenvalue weighted by molar-refractivity contribution is 6.30. The lowest BCUT2D eigenvalue weighted by molar-refractivity contribution is 0.560. The smallest absolute Gasteiger partial charge is 0.294 e. The van der Waals surface area contributed by atoms with Gasteiger partial charge in [-0.1, -0.05) is 11.6 Å². The molecule has 1 aromatic heterocycles. The van der Waals surface area contributed by atoms with E-state index in [2.05, 4.69) is 0 Å².